The second-order valence-electron chi connectivity index (χ2n) is 8.94. The fourth-order valence-electron chi connectivity index (χ4n) is 5.82. The van der Waals surface area contributed by atoms with Crippen LogP contribution in [-0.2, 0) is 9.53 Å². The lowest BCUT2D eigenvalue weighted by Gasteiger charge is -2.45. The van der Waals surface area contributed by atoms with E-state index in [1.165, 1.54) is 25.7 Å². The van der Waals surface area contributed by atoms with Gasteiger partial charge in [0, 0.05) is 17.7 Å². The first-order valence-electron chi connectivity index (χ1n) is 11.1. The molecule has 1 aliphatic heterocycles. The van der Waals surface area contributed by atoms with Crippen LogP contribution in [0.1, 0.15) is 49.8 Å². The third-order valence-corrected chi connectivity index (χ3v) is 7.26. The van der Waals surface area contributed by atoms with Gasteiger partial charge >= 0.3 is 5.97 Å². The number of aromatic nitrogens is 1. The number of benzene rings is 1. The predicted molar refractivity (Wildman–Crippen MR) is 115 cm³/mol. The minimum absolute atomic E-state index is 0.0240. The maximum atomic E-state index is 12.0. The number of fused-ring (bicyclic) bond motifs is 2. The van der Waals surface area contributed by atoms with Crippen LogP contribution in [0.25, 0.3) is 17.2 Å². The van der Waals surface area contributed by atoms with Gasteiger partial charge < -0.3 is 4.74 Å². The van der Waals surface area contributed by atoms with Gasteiger partial charge in [0.2, 0.25) is 0 Å². The Labute approximate surface area is 177 Å². The molecule has 5 rings (SSSR count). The van der Waals surface area contributed by atoms with E-state index in [4.69, 9.17) is 10.00 Å². The Hall–Kier alpha value is -2.93. The van der Waals surface area contributed by atoms with Crippen LogP contribution in [0.3, 0.4) is 0 Å². The van der Waals surface area contributed by atoms with Gasteiger partial charge in [-0.05, 0) is 60.4 Å². The minimum atomic E-state index is -0.0240. The van der Waals surface area contributed by atoms with Gasteiger partial charge in [0.1, 0.15) is 6.10 Å². The highest BCUT2D eigenvalue weighted by Gasteiger charge is 2.49. The van der Waals surface area contributed by atoms with Gasteiger partial charge in [-0.3, -0.25) is 9.78 Å². The molecule has 152 valence electrons. The number of esters is 1. The zero-order valence-electron chi connectivity index (χ0n) is 17.0. The molecular weight excluding hydrogens is 372 g/mol. The summed E-state index contributed by atoms with van der Waals surface area (Å²) in [6.07, 6.45) is 13.1. The first kappa shape index (κ1) is 19.1. The van der Waals surface area contributed by atoms with E-state index >= 15 is 0 Å². The topological polar surface area (TPSA) is 63.0 Å². The number of rotatable bonds is 3. The number of carbonyl (C=O) groups excluding carboxylic acids is 1. The number of hydrogen-bond donors (Lipinski definition) is 0. The Morgan fingerprint density at radius 2 is 2.00 bits per heavy atom. The number of nitrogens with zero attached hydrogens (tertiary/aromatic N) is 2. The van der Waals surface area contributed by atoms with Crippen LogP contribution >= 0.6 is 0 Å². The molecule has 2 aliphatic carbocycles. The lowest BCUT2D eigenvalue weighted by atomic mass is 9.60. The van der Waals surface area contributed by atoms with Crippen LogP contribution in [-0.4, -0.2) is 17.1 Å². The third kappa shape index (κ3) is 3.65. The summed E-state index contributed by atoms with van der Waals surface area (Å²) in [5.74, 6) is 2.04. The van der Waals surface area contributed by atoms with E-state index in [1.807, 2.05) is 36.5 Å². The molecule has 0 N–H and O–H groups in total. The lowest BCUT2D eigenvalue weighted by Crippen LogP contribution is -2.41. The molecule has 3 unspecified atom stereocenters. The Kier molecular flexibility index (Phi) is 5.12. The van der Waals surface area contributed by atoms with Crippen LogP contribution in [0.2, 0.25) is 0 Å². The van der Waals surface area contributed by atoms with Gasteiger partial charge in [0.15, 0.2) is 0 Å². The number of ether oxygens (including phenoxy) is 1. The standard InChI is InChI=1S/C26H26N2O2/c27-15-17-4-3-6-18(12-17)20-8-9-21(28-16-20)10-11-23-22-7-2-1-5-19(22)13-25-24(23)14-26(29)30-25/h3-4,6,8-12,16,19,22-25H,1-2,5,7,13-14H2/b11-10+/t19?,22?,23?,24-,25+/m1/s1. The monoisotopic (exact) mass is 398 g/mol. The second-order valence-corrected chi connectivity index (χ2v) is 8.94. The summed E-state index contributed by atoms with van der Waals surface area (Å²) < 4.78 is 5.67. The molecule has 1 saturated heterocycles. The summed E-state index contributed by atoms with van der Waals surface area (Å²) in [6, 6.07) is 13.8. The summed E-state index contributed by atoms with van der Waals surface area (Å²) in [6.45, 7) is 0. The molecule has 1 aromatic heterocycles. The zero-order chi connectivity index (χ0) is 20.5. The SMILES string of the molecule is N#Cc1cccc(-c2ccc(/C=C/C3C4CCCCC4C[C@@H]4OC(=O)C[C@H]34)nc2)c1. The van der Waals surface area contributed by atoms with Crippen molar-refractivity contribution in [1.29, 1.82) is 5.26 Å². The molecule has 0 radical (unpaired) electrons. The van der Waals surface area contributed by atoms with Crippen molar-refractivity contribution in [3.8, 4) is 17.2 Å². The summed E-state index contributed by atoms with van der Waals surface area (Å²) in [5, 5.41) is 9.11. The number of allylic oxidation sites excluding steroid dienone is 1. The van der Waals surface area contributed by atoms with Gasteiger partial charge in [-0.25, -0.2) is 0 Å². The van der Waals surface area contributed by atoms with E-state index in [-0.39, 0.29) is 12.1 Å². The van der Waals surface area contributed by atoms with Crippen molar-refractivity contribution in [3.05, 3.63) is 59.9 Å². The highest BCUT2D eigenvalue weighted by atomic mass is 16.5. The number of pyridine rings is 1. The third-order valence-electron chi connectivity index (χ3n) is 7.26. The summed E-state index contributed by atoms with van der Waals surface area (Å²) in [4.78, 5) is 16.6. The van der Waals surface area contributed by atoms with Gasteiger partial charge in [-0.2, -0.15) is 5.26 Å². The molecule has 2 aromatic rings. The average molecular weight is 399 g/mol. The molecular formula is C26H26N2O2. The zero-order valence-corrected chi connectivity index (χ0v) is 17.0. The molecule has 2 saturated carbocycles. The Morgan fingerprint density at radius 1 is 1.10 bits per heavy atom. The van der Waals surface area contributed by atoms with E-state index < -0.39 is 0 Å². The molecule has 5 atom stereocenters. The lowest BCUT2D eigenvalue weighted by molar-refractivity contribution is -0.143. The van der Waals surface area contributed by atoms with Crippen molar-refractivity contribution in [2.24, 2.45) is 23.7 Å². The van der Waals surface area contributed by atoms with E-state index in [9.17, 15) is 4.79 Å². The molecule has 0 bridgehead atoms. The van der Waals surface area contributed by atoms with Crippen molar-refractivity contribution in [2.75, 3.05) is 0 Å². The molecule has 4 heteroatoms. The highest BCUT2D eigenvalue weighted by molar-refractivity contribution is 5.72. The number of hydrogen-bond acceptors (Lipinski definition) is 4. The first-order chi connectivity index (χ1) is 14.7. The van der Waals surface area contributed by atoms with Crippen molar-refractivity contribution in [1.82, 2.24) is 4.98 Å². The summed E-state index contributed by atoms with van der Waals surface area (Å²) >= 11 is 0. The van der Waals surface area contributed by atoms with Crippen LogP contribution in [0.4, 0.5) is 0 Å². The minimum Gasteiger partial charge on any atom is -0.462 e. The molecule has 0 amide bonds. The van der Waals surface area contributed by atoms with Crippen LogP contribution in [0, 0.1) is 35.0 Å². The fourth-order valence-corrected chi connectivity index (χ4v) is 5.82. The quantitative estimate of drug-likeness (QED) is 0.650. The molecule has 30 heavy (non-hydrogen) atoms. The molecule has 2 heterocycles. The van der Waals surface area contributed by atoms with E-state index in [2.05, 4.69) is 29.3 Å². The van der Waals surface area contributed by atoms with E-state index in [0.717, 1.165) is 23.2 Å². The first-order valence-corrected chi connectivity index (χ1v) is 11.1. The molecule has 3 fully saturated rings. The Morgan fingerprint density at radius 3 is 2.83 bits per heavy atom. The largest absolute Gasteiger partial charge is 0.462 e. The molecule has 0 spiro atoms. The van der Waals surface area contributed by atoms with Gasteiger partial charge in [-0.1, -0.05) is 43.5 Å². The Bertz CT molecular complexity index is 1000. The van der Waals surface area contributed by atoms with Crippen molar-refractivity contribution in [3.63, 3.8) is 0 Å². The van der Waals surface area contributed by atoms with Crippen molar-refractivity contribution >= 4 is 12.0 Å². The Balaban J connectivity index is 1.36. The summed E-state index contributed by atoms with van der Waals surface area (Å²) in [7, 11) is 0. The van der Waals surface area contributed by atoms with Crippen molar-refractivity contribution < 1.29 is 9.53 Å². The maximum absolute atomic E-state index is 12.0. The molecule has 4 nitrogen and oxygen atoms in total. The maximum Gasteiger partial charge on any atom is 0.306 e. The summed E-state index contributed by atoms with van der Waals surface area (Å²) in [5.41, 5.74) is 3.58. The smallest absolute Gasteiger partial charge is 0.306 e. The van der Waals surface area contributed by atoms with E-state index in [1.54, 1.807) is 0 Å². The van der Waals surface area contributed by atoms with Crippen molar-refractivity contribution in [2.45, 2.75) is 44.6 Å². The highest BCUT2D eigenvalue weighted by Crippen LogP contribution is 2.51. The fraction of sp³-hybridized carbons (Fsp3) is 0.423. The van der Waals surface area contributed by atoms with Crippen LogP contribution in [0.5, 0.6) is 0 Å². The van der Waals surface area contributed by atoms with Crippen LogP contribution < -0.4 is 0 Å². The second kappa shape index (κ2) is 8.07. The van der Waals surface area contributed by atoms with E-state index in [0.29, 0.717) is 35.7 Å². The average Bonchev–Trinajstić information content (AvgIpc) is 3.16. The molecule has 3 aliphatic rings. The number of carbonyl (C=O) groups is 1. The predicted octanol–water partition coefficient (Wildman–Crippen LogP) is 5.39. The van der Waals surface area contributed by atoms with Crippen LogP contribution in [0.15, 0.2) is 48.7 Å². The van der Waals surface area contributed by atoms with Gasteiger partial charge in [-0.15, -0.1) is 0 Å². The van der Waals surface area contributed by atoms with Gasteiger partial charge in [0.05, 0.1) is 23.7 Å². The van der Waals surface area contributed by atoms with Gasteiger partial charge in [0.25, 0.3) is 0 Å². The molecule has 1 aromatic carbocycles. The normalized spacial score (nSPS) is 30.4. The number of nitriles is 1.